The Kier molecular flexibility index (Phi) is 3.49. The van der Waals surface area contributed by atoms with Gasteiger partial charge in [0.05, 0.1) is 6.10 Å². The first-order valence-electron chi connectivity index (χ1n) is 5.46. The van der Waals surface area contributed by atoms with E-state index in [1.54, 1.807) is 18.2 Å². The van der Waals surface area contributed by atoms with E-state index in [1.807, 2.05) is 13.8 Å². The van der Waals surface area contributed by atoms with Crippen LogP contribution >= 0.6 is 0 Å². The lowest BCUT2D eigenvalue weighted by molar-refractivity contribution is -0.121. The first-order chi connectivity index (χ1) is 8.15. The highest BCUT2D eigenvalue weighted by molar-refractivity contribution is 5.92. The van der Waals surface area contributed by atoms with E-state index in [2.05, 4.69) is 5.32 Å². The molecule has 0 saturated carbocycles. The molecule has 0 radical (unpaired) electrons. The van der Waals surface area contributed by atoms with Gasteiger partial charge in [-0.2, -0.15) is 0 Å². The van der Waals surface area contributed by atoms with Gasteiger partial charge in [0.1, 0.15) is 6.61 Å². The third-order valence-electron chi connectivity index (χ3n) is 2.20. The monoisotopic (exact) mass is 237 g/mol. The van der Waals surface area contributed by atoms with Gasteiger partial charge in [0.2, 0.25) is 12.7 Å². The van der Waals surface area contributed by atoms with Gasteiger partial charge in [-0.15, -0.1) is 0 Å². The first kappa shape index (κ1) is 11.7. The first-order valence-corrected chi connectivity index (χ1v) is 5.46. The summed E-state index contributed by atoms with van der Waals surface area (Å²) in [5, 5.41) is 2.73. The second kappa shape index (κ2) is 5.05. The zero-order valence-corrected chi connectivity index (χ0v) is 9.86. The lowest BCUT2D eigenvalue weighted by Crippen LogP contribution is -2.20. The van der Waals surface area contributed by atoms with Crippen LogP contribution in [0.1, 0.15) is 13.8 Å². The topological polar surface area (TPSA) is 56.8 Å². The van der Waals surface area contributed by atoms with Gasteiger partial charge in [-0.25, -0.2) is 0 Å². The number of hydrogen-bond acceptors (Lipinski definition) is 4. The minimum Gasteiger partial charge on any atom is -0.454 e. The molecule has 0 bridgehead atoms. The number of hydrogen-bond donors (Lipinski definition) is 1. The average Bonchev–Trinajstić information content (AvgIpc) is 2.73. The van der Waals surface area contributed by atoms with Crippen molar-refractivity contribution in [2.24, 2.45) is 0 Å². The Morgan fingerprint density at radius 1 is 1.41 bits per heavy atom. The van der Waals surface area contributed by atoms with E-state index >= 15 is 0 Å². The largest absolute Gasteiger partial charge is 0.454 e. The third-order valence-corrected chi connectivity index (χ3v) is 2.20. The maximum atomic E-state index is 11.5. The molecule has 0 aliphatic carbocycles. The van der Waals surface area contributed by atoms with Gasteiger partial charge in [0.15, 0.2) is 11.5 Å². The number of ether oxygens (including phenoxy) is 3. The second-order valence-electron chi connectivity index (χ2n) is 3.98. The summed E-state index contributed by atoms with van der Waals surface area (Å²) in [5.74, 6) is 1.16. The molecule has 17 heavy (non-hydrogen) atoms. The molecule has 1 amide bonds. The van der Waals surface area contributed by atoms with E-state index in [0.717, 1.165) is 0 Å². The molecular formula is C12H15NO4. The van der Waals surface area contributed by atoms with E-state index in [1.165, 1.54) is 0 Å². The number of rotatable bonds is 4. The van der Waals surface area contributed by atoms with Crippen LogP contribution in [0.2, 0.25) is 0 Å². The van der Waals surface area contributed by atoms with Gasteiger partial charge >= 0.3 is 0 Å². The fourth-order valence-electron chi connectivity index (χ4n) is 1.41. The maximum absolute atomic E-state index is 11.5. The second-order valence-corrected chi connectivity index (χ2v) is 3.98. The van der Waals surface area contributed by atoms with Crippen molar-refractivity contribution >= 4 is 11.6 Å². The fraction of sp³-hybridized carbons (Fsp3) is 0.417. The quantitative estimate of drug-likeness (QED) is 0.867. The highest BCUT2D eigenvalue weighted by atomic mass is 16.7. The predicted molar refractivity (Wildman–Crippen MR) is 62.3 cm³/mol. The number of carbonyl (C=O) groups is 1. The highest BCUT2D eigenvalue weighted by Crippen LogP contribution is 2.34. The summed E-state index contributed by atoms with van der Waals surface area (Å²) in [4.78, 5) is 11.5. The Bertz CT molecular complexity index is 417. The smallest absolute Gasteiger partial charge is 0.250 e. The highest BCUT2D eigenvalue weighted by Gasteiger charge is 2.14. The minimum absolute atomic E-state index is 0.0394. The molecule has 5 nitrogen and oxygen atoms in total. The van der Waals surface area contributed by atoms with Gasteiger partial charge < -0.3 is 19.5 Å². The molecule has 1 heterocycles. The molecule has 0 aromatic heterocycles. The Hall–Kier alpha value is -1.75. The molecule has 0 saturated heterocycles. The number of amides is 1. The molecule has 0 spiro atoms. The Balaban J connectivity index is 1.92. The van der Waals surface area contributed by atoms with Gasteiger partial charge in [-0.3, -0.25) is 4.79 Å². The molecule has 1 aliphatic heterocycles. The summed E-state index contributed by atoms with van der Waals surface area (Å²) >= 11 is 0. The summed E-state index contributed by atoms with van der Waals surface area (Å²) in [6.45, 7) is 4.04. The van der Waals surface area contributed by atoms with Crippen LogP contribution in [0.3, 0.4) is 0 Å². The van der Waals surface area contributed by atoms with Crippen molar-refractivity contribution in [1.82, 2.24) is 0 Å². The molecule has 0 atom stereocenters. The van der Waals surface area contributed by atoms with Crippen molar-refractivity contribution in [2.75, 3.05) is 18.7 Å². The van der Waals surface area contributed by atoms with Crippen molar-refractivity contribution < 1.29 is 19.0 Å². The molecule has 92 valence electrons. The van der Waals surface area contributed by atoms with Crippen LogP contribution < -0.4 is 14.8 Å². The molecule has 1 aromatic rings. The summed E-state index contributed by atoms with van der Waals surface area (Å²) in [5.41, 5.74) is 0.673. The number of anilines is 1. The predicted octanol–water partition coefficient (Wildman–Crippen LogP) is 1.78. The van der Waals surface area contributed by atoms with Crippen LogP contribution in [0.4, 0.5) is 5.69 Å². The zero-order chi connectivity index (χ0) is 12.3. The Morgan fingerprint density at radius 2 is 2.18 bits per heavy atom. The summed E-state index contributed by atoms with van der Waals surface area (Å²) in [7, 11) is 0. The van der Waals surface area contributed by atoms with E-state index in [4.69, 9.17) is 14.2 Å². The lowest BCUT2D eigenvalue weighted by Gasteiger charge is -2.08. The summed E-state index contributed by atoms with van der Waals surface area (Å²) in [6, 6.07) is 5.26. The van der Waals surface area contributed by atoms with E-state index in [0.29, 0.717) is 17.2 Å². The molecule has 5 heteroatoms. The zero-order valence-electron chi connectivity index (χ0n) is 9.86. The summed E-state index contributed by atoms with van der Waals surface area (Å²) < 4.78 is 15.6. The van der Waals surface area contributed by atoms with Crippen molar-refractivity contribution in [1.29, 1.82) is 0 Å². The van der Waals surface area contributed by atoms with Crippen LogP contribution in [0.25, 0.3) is 0 Å². The van der Waals surface area contributed by atoms with Crippen LogP contribution in [0.5, 0.6) is 11.5 Å². The molecular weight excluding hydrogens is 222 g/mol. The lowest BCUT2D eigenvalue weighted by atomic mass is 10.3. The Morgan fingerprint density at radius 3 is 2.94 bits per heavy atom. The van der Waals surface area contributed by atoms with Crippen molar-refractivity contribution in [3.63, 3.8) is 0 Å². The van der Waals surface area contributed by atoms with Crippen LogP contribution in [0, 0.1) is 0 Å². The van der Waals surface area contributed by atoms with Crippen molar-refractivity contribution in [3.8, 4) is 11.5 Å². The molecule has 1 N–H and O–H groups in total. The van der Waals surface area contributed by atoms with Crippen LogP contribution in [-0.2, 0) is 9.53 Å². The molecule has 1 aromatic carbocycles. The normalized spacial score (nSPS) is 12.9. The third kappa shape index (κ3) is 3.10. The van der Waals surface area contributed by atoms with Crippen molar-refractivity contribution in [2.45, 2.75) is 20.0 Å². The standard InChI is InChI=1S/C12H15NO4/c1-8(2)15-6-12(14)13-9-3-4-10-11(5-9)17-7-16-10/h3-5,8H,6-7H2,1-2H3,(H,13,14). The van der Waals surface area contributed by atoms with Gasteiger partial charge in [-0.1, -0.05) is 0 Å². The van der Waals surface area contributed by atoms with Gasteiger partial charge in [0, 0.05) is 11.8 Å². The molecule has 2 rings (SSSR count). The number of fused-ring (bicyclic) bond motifs is 1. The average molecular weight is 237 g/mol. The molecule has 0 fully saturated rings. The van der Waals surface area contributed by atoms with Crippen LogP contribution in [-0.4, -0.2) is 25.4 Å². The van der Waals surface area contributed by atoms with E-state index < -0.39 is 0 Å². The number of carbonyl (C=O) groups excluding carboxylic acids is 1. The van der Waals surface area contributed by atoms with E-state index in [9.17, 15) is 4.79 Å². The van der Waals surface area contributed by atoms with Gasteiger partial charge in [0.25, 0.3) is 0 Å². The summed E-state index contributed by atoms with van der Waals surface area (Å²) in [6.07, 6.45) is 0.0394. The number of nitrogens with one attached hydrogen (secondary N) is 1. The van der Waals surface area contributed by atoms with Crippen molar-refractivity contribution in [3.05, 3.63) is 18.2 Å². The van der Waals surface area contributed by atoms with Crippen LogP contribution in [0.15, 0.2) is 18.2 Å². The molecule has 0 unspecified atom stereocenters. The maximum Gasteiger partial charge on any atom is 0.250 e. The number of benzene rings is 1. The fourth-order valence-corrected chi connectivity index (χ4v) is 1.41. The Labute approximate surface area is 99.7 Å². The van der Waals surface area contributed by atoms with Gasteiger partial charge in [-0.05, 0) is 26.0 Å². The molecule has 1 aliphatic rings. The van der Waals surface area contributed by atoms with E-state index in [-0.39, 0.29) is 25.4 Å². The minimum atomic E-state index is -0.183. The SMILES string of the molecule is CC(C)OCC(=O)Nc1ccc2c(c1)OCO2.